The first kappa shape index (κ1) is 14.4. The number of allylic oxidation sites excluding steroid dienone is 1. The van der Waals surface area contributed by atoms with Crippen molar-refractivity contribution in [2.45, 2.75) is 20.8 Å². The Balaban J connectivity index is 2.03. The first-order chi connectivity index (χ1) is 9.49. The summed E-state index contributed by atoms with van der Waals surface area (Å²) in [5, 5.41) is 0. The van der Waals surface area contributed by atoms with Gasteiger partial charge in [-0.1, -0.05) is 5.57 Å². The number of aryl methyl sites for hydroxylation is 1. The molecule has 1 fully saturated rings. The van der Waals surface area contributed by atoms with Gasteiger partial charge in [0, 0.05) is 38.5 Å². The first-order valence-electron chi connectivity index (χ1n) is 6.89. The maximum atomic E-state index is 12.0. The zero-order valence-electron chi connectivity index (χ0n) is 12.4. The van der Waals surface area contributed by atoms with Crippen LogP contribution in [-0.4, -0.2) is 42.0 Å². The van der Waals surface area contributed by atoms with E-state index >= 15 is 0 Å². The van der Waals surface area contributed by atoms with Crippen LogP contribution >= 0.6 is 0 Å². The third-order valence-corrected chi connectivity index (χ3v) is 3.49. The monoisotopic (exact) mass is 274 g/mol. The quantitative estimate of drug-likeness (QED) is 0.832. The van der Waals surface area contributed by atoms with Crippen molar-refractivity contribution in [1.82, 2.24) is 9.88 Å². The maximum absolute atomic E-state index is 12.0. The van der Waals surface area contributed by atoms with Gasteiger partial charge < -0.3 is 15.5 Å². The van der Waals surface area contributed by atoms with Gasteiger partial charge >= 0.3 is 0 Å². The van der Waals surface area contributed by atoms with Gasteiger partial charge in [-0.15, -0.1) is 0 Å². The lowest BCUT2D eigenvalue weighted by Gasteiger charge is -2.35. The highest BCUT2D eigenvalue weighted by Crippen LogP contribution is 2.24. The fourth-order valence-electron chi connectivity index (χ4n) is 2.28. The number of amides is 1. The number of piperazine rings is 1. The molecule has 5 heteroatoms. The minimum absolute atomic E-state index is 0.0924. The number of nitrogens with two attached hydrogens (primary N) is 1. The van der Waals surface area contributed by atoms with Crippen LogP contribution in [0.4, 0.5) is 11.5 Å². The van der Waals surface area contributed by atoms with E-state index in [-0.39, 0.29) is 5.91 Å². The van der Waals surface area contributed by atoms with E-state index in [1.165, 1.54) is 0 Å². The maximum Gasteiger partial charge on any atom is 0.246 e. The van der Waals surface area contributed by atoms with E-state index in [9.17, 15) is 4.79 Å². The van der Waals surface area contributed by atoms with Crippen molar-refractivity contribution < 1.29 is 4.79 Å². The predicted octanol–water partition coefficient (Wildman–Crippen LogP) is 1.59. The summed E-state index contributed by atoms with van der Waals surface area (Å²) in [5.74, 6) is 0.925. The van der Waals surface area contributed by atoms with Gasteiger partial charge in [-0.2, -0.15) is 0 Å². The number of rotatable bonds is 2. The van der Waals surface area contributed by atoms with Crippen LogP contribution in [0.5, 0.6) is 0 Å². The number of anilines is 2. The van der Waals surface area contributed by atoms with Crippen LogP contribution in [0.25, 0.3) is 0 Å². The number of pyridine rings is 1. The lowest BCUT2D eigenvalue weighted by molar-refractivity contribution is -0.126. The van der Waals surface area contributed by atoms with Crippen molar-refractivity contribution >= 4 is 17.4 Å². The summed E-state index contributed by atoms with van der Waals surface area (Å²) >= 11 is 0. The minimum Gasteiger partial charge on any atom is -0.396 e. The lowest BCUT2D eigenvalue weighted by Crippen LogP contribution is -2.48. The molecule has 20 heavy (non-hydrogen) atoms. The molecule has 108 valence electrons. The Morgan fingerprint density at radius 1 is 1.30 bits per heavy atom. The summed E-state index contributed by atoms with van der Waals surface area (Å²) in [6.45, 7) is 8.80. The number of hydrogen-bond acceptors (Lipinski definition) is 4. The molecule has 2 N–H and O–H groups in total. The van der Waals surface area contributed by atoms with Crippen LogP contribution in [0.1, 0.15) is 19.4 Å². The number of nitrogens with zero attached hydrogens (tertiary/aromatic N) is 3. The molecule has 0 bridgehead atoms. The molecule has 0 saturated carbocycles. The molecule has 1 aliphatic rings. The zero-order valence-corrected chi connectivity index (χ0v) is 12.4. The topological polar surface area (TPSA) is 62.5 Å². The smallest absolute Gasteiger partial charge is 0.246 e. The lowest BCUT2D eigenvalue weighted by atomic mass is 10.2. The van der Waals surface area contributed by atoms with Gasteiger partial charge in [0.05, 0.1) is 5.69 Å². The minimum atomic E-state index is 0.0924. The third-order valence-electron chi connectivity index (χ3n) is 3.49. The van der Waals surface area contributed by atoms with Crippen molar-refractivity contribution in [3.8, 4) is 0 Å². The van der Waals surface area contributed by atoms with E-state index in [4.69, 9.17) is 5.73 Å². The molecule has 1 aromatic rings. The molecule has 1 aromatic heterocycles. The van der Waals surface area contributed by atoms with Gasteiger partial charge in [-0.25, -0.2) is 4.98 Å². The van der Waals surface area contributed by atoms with Gasteiger partial charge in [0.25, 0.3) is 0 Å². The molecule has 1 aliphatic heterocycles. The second kappa shape index (κ2) is 5.94. The van der Waals surface area contributed by atoms with Gasteiger partial charge in [-0.3, -0.25) is 4.79 Å². The molecular formula is C15H22N4O. The van der Waals surface area contributed by atoms with Crippen molar-refractivity contribution in [2.24, 2.45) is 0 Å². The van der Waals surface area contributed by atoms with Crippen molar-refractivity contribution in [1.29, 1.82) is 0 Å². The van der Waals surface area contributed by atoms with E-state index in [0.717, 1.165) is 35.7 Å². The Bertz CT molecular complexity index is 527. The highest BCUT2D eigenvalue weighted by atomic mass is 16.2. The summed E-state index contributed by atoms with van der Waals surface area (Å²) in [6, 6.07) is 1.91. The molecule has 2 rings (SSSR count). The Hall–Kier alpha value is -2.04. The van der Waals surface area contributed by atoms with E-state index in [0.29, 0.717) is 13.1 Å². The van der Waals surface area contributed by atoms with Crippen molar-refractivity contribution in [3.63, 3.8) is 0 Å². The number of carbonyl (C=O) groups is 1. The standard InChI is InChI=1S/C15H22N4O/c1-11(2)10-13(20)18-6-8-19(9-7-18)15-14(16)12(3)4-5-17-15/h4-5,10H,6-9,16H2,1-3H3. The molecule has 0 radical (unpaired) electrons. The van der Waals surface area contributed by atoms with Crippen LogP contribution in [0, 0.1) is 6.92 Å². The highest BCUT2D eigenvalue weighted by molar-refractivity contribution is 5.88. The van der Waals surface area contributed by atoms with Crippen LogP contribution in [0.2, 0.25) is 0 Å². The van der Waals surface area contributed by atoms with Crippen LogP contribution in [0.15, 0.2) is 23.9 Å². The number of hydrogen-bond donors (Lipinski definition) is 1. The van der Waals surface area contributed by atoms with E-state index in [1.54, 1.807) is 12.3 Å². The summed E-state index contributed by atoms with van der Waals surface area (Å²) in [4.78, 5) is 20.3. The summed E-state index contributed by atoms with van der Waals surface area (Å²) in [6.07, 6.45) is 3.47. The highest BCUT2D eigenvalue weighted by Gasteiger charge is 2.22. The van der Waals surface area contributed by atoms with Crippen LogP contribution < -0.4 is 10.6 Å². The Morgan fingerprint density at radius 2 is 1.95 bits per heavy atom. The Labute approximate surface area is 120 Å². The Morgan fingerprint density at radius 3 is 2.55 bits per heavy atom. The fraction of sp³-hybridized carbons (Fsp3) is 0.467. The summed E-state index contributed by atoms with van der Waals surface area (Å²) in [7, 11) is 0. The van der Waals surface area contributed by atoms with Crippen LogP contribution in [-0.2, 0) is 4.79 Å². The summed E-state index contributed by atoms with van der Waals surface area (Å²) < 4.78 is 0. The average molecular weight is 274 g/mol. The molecule has 2 heterocycles. The zero-order chi connectivity index (χ0) is 14.7. The van der Waals surface area contributed by atoms with Crippen LogP contribution in [0.3, 0.4) is 0 Å². The molecule has 1 saturated heterocycles. The average Bonchev–Trinajstić information content (AvgIpc) is 2.41. The number of aromatic nitrogens is 1. The van der Waals surface area contributed by atoms with Crippen molar-refractivity contribution in [3.05, 3.63) is 29.5 Å². The molecule has 5 nitrogen and oxygen atoms in total. The number of carbonyl (C=O) groups excluding carboxylic acids is 1. The van der Waals surface area contributed by atoms with E-state index < -0.39 is 0 Å². The molecule has 0 aromatic carbocycles. The van der Waals surface area contributed by atoms with Gasteiger partial charge in [0.2, 0.25) is 5.91 Å². The van der Waals surface area contributed by atoms with Gasteiger partial charge in [0.15, 0.2) is 5.82 Å². The first-order valence-corrected chi connectivity index (χ1v) is 6.89. The predicted molar refractivity (Wildman–Crippen MR) is 81.6 cm³/mol. The van der Waals surface area contributed by atoms with Gasteiger partial charge in [0.1, 0.15) is 0 Å². The second-order valence-corrected chi connectivity index (χ2v) is 5.40. The number of nitrogen functional groups attached to an aromatic ring is 1. The Kier molecular flexibility index (Phi) is 4.27. The fourth-order valence-corrected chi connectivity index (χ4v) is 2.28. The normalized spacial score (nSPS) is 15.2. The van der Waals surface area contributed by atoms with E-state index in [2.05, 4.69) is 9.88 Å². The largest absolute Gasteiger partial charge is 0.396 e. The molecule has 1 amide bonds. The van der Waals surface area contributed by atoms with Crippen molar-refractivity contribution in [2.75, 3.05) is 36.8 Å². The molecule has 0 unspecified atom stereocenters. The SMILES string of the molecule is CC(C)=CC(=O)N1CCN(c2nccc(C)c2N)CC1. The second-order valence-electron chi connectivity index (χ2n) is 5.40. The third kappa shape index (κ3) is 3.10. The van der Waals surface area contributed by atoms with E-state index in [1.807, 2.05) is 31.7 Å². The molecule has 0 aliphatic carbocycles. The molecular weight excluding hydrogens is 252 g/mol. The summed E-state index contributed by atoms with van der Waals surface area (Å²) in [5.41, 5.74) is 8.88. The molecule has 0 spiro atoms. The molecule has 0 atom stereocenters. The van der Waals surface area contributed by atoms with Gasteiger partial charge in [-0.05, 0) is 32.4 Å².